The van der Waals surface area contributed by atoms with Gasteiger partial charge in [-0.2, -0.15) is 0 Å². The molecule has 2 rings (SSSR count). The van der Waals surface area contributed by atoms with Gasteiger partial charge >= 0.3 is 5.76 Å². The molecular formula is C12H15NO3. The van der Waals surface area contributed by atoms with Crippen molar-refractivity contribution in [2.75, 3.05) is 0 Å². The van der Waals surface area contributed by atoms with E-state index in [9.17, 15) is 9.90 Å². The number of hydrogen-bond donors (Lipinski definition) is 1. The van der Waals surface area contributed by atoms with Gasteiger partial charge in [-0.05, 0) is 31.5 Å². The summed E-state index contributed by atoms with van der Waals surface area (Å²) >= 11 is 0. The third kappa shape index (κ3) is 2.02. The van der Waals surface area contributed by atoms with Crippen LogP contribution in [0.3, 0.4) is 0 Å². The van der Waals surface area contributed by atoms with E-state index in [-0.39, 0.29) is 5.76 Å². The predicted octanol–water partition coefficient (Wildman–Crippen LogP) is 1.44. The molecule has 1 aromatic carbocycles. The van der Waals surface area contributed by atoms with Crippen LogP contribution in [-0.4, -0.2) is 15.3 Å². The standard InChI is InChI=1S/C12H15NO3/c1-12(2,15)7-8-4-5-10-9(6-8)13(3)11(14)16-10/h4-6,15H,7H2,1-3H3. The van der Waals surface area contributed by atoms with Crippen LogP contribution in [0.1, 0.15) is 19.4 Å². The van der Waals surface area contributed by atoms with E-state index < -0.39 is 5.60 Å². The van der Waals surface area contributed by atoms with Gasteiger partial charge in [0.1, 0.15) is 0 Å². The lowest BCUT2D eigenvalue weighted by Crippen LogP contribution is -2.21. The van der Waals surface area contributed by atoms with Gasteiger partial charge in [-0.1, -0.05) is 6.07 Å². The van der Waals surface area contributed by atoms with Crippen molar-refractivity contribution in [3.8, 4) is 0 Å². The van der Waals surface area contributed by atoms with Crippen molar-refractivity contribution in [2.45, 2.75) is 25.9 Å². The fourth-order valence-corrected chi connectivity index (χ4v) is 1.78. The SMILES string of the molecule is Cn1c(=O)oc2ccc(CC(C)(C)O)cc21. The number of rotatable bonds is 2. The Morgan fingerprint density at radius 3 is 2.75 bits per heavy atom. The fraction of sp³-hybridized carbons (Fsp3) is 0.417. The minimum atomic E-state index is -0.754. The van der Waals surface area contributed by atoms with E-state index in [0.717, 1.165) is 11.1 Å². The van der Waals surface area contributed by atoms with Crippen LogP contribution in [-0.2, 0) is 13.5 Å². The number of oxazole rings is 1. The average molecular weight is 221 g/mol. The molecule has 0 atom stereocenters. The summed E-state index contributed by atoms with van der Waals surface area (Å²) in [6.07, 6.45) is 0.544. The summed E-state index contributed by atoms with van der Waals surface area (Å²) in [5.41, 5.74) is 1.56. The molecule has 0 fully saturated rings. The quantitative estimate of drug-likeness (QED) is 0.835. The molecule has 2 aromatic rings. The first-order chi connectivity index (χ1) is 7.37. The molecule has 0 unspecified atom stereocenters. The minimum absolute atomic E-state index is 0.365. The Morgan fingerprint density at radius 2 is 2.12 bits per heavy atom. The highest BCUT2D eigenvalue weighted by atomic mass is 16.4. The average Bonchev–Trinajstić information content (AvgIpc) is 2.42. The van der Waals surface area contributed by atoms with Crippen LogP contribution < -0.4 is 5.76 Å². The zero-order valence-electron chi connectivity index (χ0n) is 9.65. The summed E-state index contributed by atoms with van der Waals surface area (Å²) < 4.78 is 6.49. The second-order valence-electron chi connectivity index (χ2n) is 4.72. The molecule has 4 nitrogen and oxygen atoms in total. The Kier molecular flexibility index (Phi) is 2.39. The molecule has 1 heterocycles. The summed E-state index contributed by atoms with van der Waals surface area (Å²) in [7, 11) is 1.67. The van der Waals surface area contributed by atoms with Gasteiger partial charge in [0.15, 0.2) is 5.58 Å². The molecule has 16 heavy (non-hydrogen) atoms. The Balaban J connectivity index is 2.51. The maximum atomic E-state index is 11.3. The van der Waals surface area contributed by atoms with Crippen molar-refractivity contribution in [1.29, 1.82) is 0 Å². The highest BCUT2D eigenvalue weighted by Gasteiger charge is 2.14. The number of aliphatic hydroxyl groups is 1. The molecule has 0 radical (unpaired) electrons. The molecule has 1 N–H and O–H groups in total. The van der Waals surface area contributed by atoms with Crippen molar-refractivity contribution in [3.05, 3.63) is 34.3 Å². The van der Waals surface area contributed by atoms with Crippen molar-refractivity contribution in [1.82, 2.24) is 4.57 Å². The van der Waals surface area contributed by atoms with E-state index in [1.807, 2.05) is 12.1 Å². The van der Waals surface area contributed by atoms with Crippen LogP contribution >= 0.6 is 0 Å². The van der Waals surface area contributed by atoms with E-state index in [1.54, 1.807) is 27.0 Å². The topological polar surface area (TPSA) is 55.4 Å². The number of benzene rings is 1. The summed E-state index contributed by atoms with van der Waals surface area (Å²) in [6.45, 7) is 3.51. The van der Waals surface area contributed by atoms with Gasteiger partial charge in [0, 0.05) is 13.5 Å². The van der Waals surface area contributed by atoms with Crippen molar-refractivity contribution >= 4 is 11.1 Å². The first kappa shape index (κ1) is 11.0. The lowest BCUT2D eigenvalue weighted by atomic mass is 9.98. The smallest absolute Gasteiger partial charge is 0.408 e. The first-order valence-corrected chi connectivity index (χ1v) is 5.18. The second-order valence-corrected chi connectivity index (χ2v) is 4.72. The number of nitrogens with zero attached hydrogens (tertiary/aromatic N) is 1. The monoisotopic (exact) mass is 221 g/mol. The maximum absolute atomic E-state index is 11.3. The van der Waals surface area contributed by atoms with Crippen LogP contribution in [0.15, 0.2) is 27.4 Å². The third-order valence-electron chi connectivity index (χ3n) is 2.49. The Morgan fingerprint density at radius 1 is 1.44 bits per heavy atom. The van der Waals surface area contributed by atoms with E-state index in [4.69, 9.17) is 4.42 Å². The van der Waals surface area contributed by atoms with Gasteiger partial charge < -0.3 is 9.52 Å². The third-order valence-corrected chi connectivity index (χ3v) is 2.49. The van der Waals surface area contributed by atoms with Gasteiger partial charge in [-0.25, -0.2) is 4.79 Å². The van der Waals surface area contributed by atoms with Crippen LogP contribution in [0.25, 0.3) is 11.1 Å². The zero-order chi connectivity index (χ0) is 11.9. The molecule has 0 aliphatic rings. The molecule has 0 aliphatic carbocycles. The molecule has 0 saturated heterocycles. The van der Waals surface area contributed by atoms with E-state index in [2.05, 4.69) is 0 Å². The largest absolute Gasteiger partial charge is 0.419 e. The molecule has 86 valence electrons. The molecule has 0 amide bonds. The molecule has 1 aromatic heterocycles. The maximum Gasteiger partial charge on any atom is 0.419 e. The Hall–Kier alpha value is -1.55. The second kappa shape index (κ2) is 3.49. The van der Waals surface area contributed by atoms with Crippen molar-refractivity contribution in [3.63, 3.8) is 0 Å². The van der Waals surface area contributed by atoms with Crippen molar-refractivity contribution in [2.24, 2.45) is 7.05 Å². The fourth-order valence-electron chi connectivity index (χ4n) is 1.78. The summed E-state index contributed by atoms with van der Waals surface area (Å²) in [5.74, 6) is -0.365. The van der Waals surface area contributed by atoms with Gasteiger partial charge in [-0.15, -0.1) is 0 Å². The molecule has 4 heteroatoms. The highest BCUT2D eigenvalue weighted by molar-refractivity contribution is 5.73. The van der Waals surface area contributed by atoms with E-state index in [1.165, 1.54) is 4.57 Å². The highest BCUT2D eigenvalue weighted by Crippen LogP contribution is 2.18. The molecule has 0 spiro atoms. The van der Waals surface area contributed by atoms with Gasteiger partial charge in [0.2, 0.25) is 0 Å². The predicted molar refractivity (Wildman–Crippen MR) is 61.5 cm³/mol. The van der Waals surface area contributed by atoms with Crippen LogP contribution in [0.4, 0.5) is 0 Å². The lowest BCUT2D eigenvalue weighted by molar-refractivity contribution is 0.0810. The van der Waals surface area contributed by atoms with Gasteiger partial charge in [0.05, 0.1) is 11.1 Å². The summed E-state index contributed by atoms with van der Waals surface area (Å²) in [6, 6.07) is 5.50. The summed E-state index contributed by atoms with van der Waals surface area (Å²) in [4.78, 5) is 11.3. The molecule has 0 saturated carbocycles. The summed E-state index contributed by atoms with van der Waals surface area (Å²) in [5, 5.41) is 9.73. The van der Waals surface area contributed by atoms with Crippen LogP contribution in [0.5, 0.6) is 0 Å². The molecule has 0 bridgehead atoms. The number of aromatic nitrogens is 1. The lowest BCUT2D eigenvalue weighted by Gasteiger charge is -2.16. The molecule has 0 aliphatic heterocycles. The molecular weight excluding hydrogens is 206 g/mol. The Labute approximate surface area is 93.1 Å². The zero-order valence-corrected chi connectivity index (χ0v) is 9.65. The first-order valence-electron chi connectivity index (χ1n) is 5.18. The van der Waals surface area contributed by atoms with Gasteiger partial charge in [-0.3, -0.25) is 4.57 Å². The van der Waals surface area contributed by atoms with Gasteiger partial charge in [0.25, 0.3) is 0 Å². The minimum Gasteiger partial charge on any atom is -0.408 e. The van der Waals surface area contributed by atoms with E-state index >= 15 is 0 Å². The normalized spacial score (nSPS) is 12.2. The Bertz CT molecular complexity index is 572. The van der Waals surface area contributed by atoms with Crippen molar-refractivity contribution < 1.29 is 9.52 Å². The number of fused-ring (bicyclic) bond motifs is 1. The van der Waals surface area contributed by atoms with E-state index in [0.29, 0.717) is 12.0 Å². The van der Waals surface area contributed by atoms with Crippen LogP contribution in [0.2, 0.25) is 0 Å². The number of hydrogen-bond acceptors (Lipinski definition) is 3. The number of aryl methyl sites for hydroxylation is 1. The van der Waals surface area contributed by atoms with Crippen LogP contribution in [0, 0.1) is 0 Å².